The maximum absolute atomic E-state index is 2.46. The molecule has 3 aliphatic rings. The number of hydrogen-bond acceptors (Lipinski definition) is 0. The van der Waals surface area contributed by atoms with Crippen molar-refractivity contribution in [3.05, 3.63) is 35.5 Å². The van der Waals surface area contributed by atoms with Gasteiger partial charge in [0.05, 0.1) is 0 Å². The maximum atomic E-state index is 2.46. The van der Waals surface area contributed by atoms with Gasteiger partial charge in [0.2, 0.25) is 0 Å². The highest BCUT2D eigenvalue weighted by molar-refractivity contribution is 5.38. The van der Waals surface area contributed by atoms with Gasteiger partial charge in [-0.1, -0.05) is 29.9 Å². The average Bonchev–Trinajstić information content (AvgIpc) is 2.56. The Hall–Kier alpha value is -0.780. The third kappa shape index (κ3) is 1.12. The van der Waals surface area contributed by atoms with Crippen molar-refractivity contribution in [3.8, 4) is 0 Å². The van der Waals surface area contributed by atoms with Gasteiger partial charge in [0.1, 0.15) is 0 Å². The molecule has 0 fully saturated rings. The molecule has 13 heavy (non-hydrogen) atoms. The first-order chi connectivity index (χ1) is 6.45. The fraction of sp³-hybridized carbons (Fsp3) is 0.538. The van der Waals surface area contributed by atoms with Crippen LogP contribution in [0, 0.1) is 11.8 Å². The van der Waals surface area contributed by atoms with Crippen molar-refractivity contribution in [2.24, 2.45) is 11.8 Å². The summed E-state index contributed by atoms with van der Waals surface area (Å²) in [5.74, 6) is 1.75. The molecule has 0 aromatic rings. The summed E-state index contributed by atoms with van der Waals surface area (Å²) in [6.45, 7) is 0. The van der Waals surface area contributed by atoms with Gasteiger partial charge in [0.25, 0.3) is 0 Å². The zero-order valence-corrected chi connectivity index (χ0v) is 8.00. The lowest BCUT2D eigenvalue weighted by Gasteiger charge is -2.22. The van der Waals surface area contributed by atoms with E-state index in [1.54, 1.807) is 11.1 Å². The summed E-state index contributed by atoms with van der Waals surface area (Å²) in [5, 5.41) is 0. The highest BCUT2D eigenvalue weighted by Crippen LogP contribution is 2.46. The molecular weight excluding hydrogens is 156 g/mol. The quantitative estimate of drug-likeness (QED) is 0.489. The van der Waals surface area contributed by atoms with Gasteiger partial charge in [-0.3, -0.25) is 0 Å². The molecule has 0 nitrogen and oxygen atoms in total. The van der Waals surface area contributed by atoms with Gasteiger partial charge < -0.3 is 0 Å². The standard InChI is InChI=1S/C13H16/c1-3-7-12-10(5-1)9-11-6-2-4-8-13(11)12/h1,4-5,8,10,12H,2-3,6-7,9H2. The van der Waals surface area contributed by atoms with Gasteiger partial charge in [-0.2, -0.15) is 0 Å². The lowest BCUT2D eigenvalue weighted by Crippen LogP contribution is -2.11. The molecule has 0 aliphatic heterocycles. The summed E-state index contributed by atoms with van der Waals surface area (Å²) in [6, 6.07) is 0. The second-order valence-corrected chi connectivity index (χ2v) is 4.48. The Bertz CT molecular complexity index is 304. The summed E-state index contributed by atoms with van der Waals surface area (Å²) in [7, 11) is 0. The highest BCUT2D eigenvalue weighted by atomic mass is 14.4. The summed E-state index contributed by atoms with van der Waals surface area (Å²) < 4.78 is 0. The Kier molecular flexibility index (Phi) is 1.68. The van der Waals surface area contributed by atoms with E-state index in [9.17, 15) is 0 Å². The van der Waals surface area contributed by atoms with Crippen LogP contribution in [0.3, 0.4) is 0 Å². The molecule has 2 atom stereocenters. The molecule has 0 amide bonds. The fourth-order valence-electron chi connectivity index (χ4n) is 3.11. The summed E-state index contributed by atoms with van der Waals surface area (Å²) in [4.78, 5) is 0. The molecule has 0 saturated heterocycles. The van der Waals surface area contributed by atoms with Gasteiger partial charge in [-0.25, -0.2) is 0 Å². The predicted octanol–water partition coefficient (Wildman–Crippen LogP) is 3.62. The molecule has 0 spiro atoms. The van der Waals surface area contributed by atoms with Crippen molar-refractivity contribution in [3.63, 3.8) is 0 Å². The second-order valence-electron chi connectivity index (χ2n) is 4.48. The number of fused-ring (bicyclic) bond motifs is 2. The molecule has 0 radical (unpaired) electrons. The van der Waals surface area contributed by atoms with Crippen LogP contribution in [-0.2, 0) is 0 Å². The number of hydrogen-bond donors (Lipinski definition) is 0. The minimum Gasteiger partial charge on any atom is -0.0882 e. The van der Waals surface area contributed by atoms with Gasteiger partial charge in [0, 0.05) is 0 Å². The van der Waals surface area contributed by atoms with E-state index < -0.39 is 0 Å². The van der Waals surface area contributed by atoms with Crippen molar-refractivity contribution >= 4 is 0 Å². The molecular formula is C13H16. The van der Waals surface area contributed by atoms with Crippen LogP contribution in [0.1, 0.15) is 32.1 Å². The molecule has 0 saturated carbocycles. The lowest BCUT2D eigenvalue weighted by atomic mass is 9.83. The maximum Gasteiger partial charge on any atom is -0.00935 e. The van der Waals surface area contributed by atoms with Crippen molar-refractivity contribution in [2.45, 2.75) is 32.1 Å². The molecule has 0 aromatic heterocycles. The normalized spacial score (nSPS) is 36.3. The zero-order valence-electron chi connectivity index (χ0n) is 8.00. The van der Waals surface area contributed by atoms with Crippen molar-refractivity contribution in [2.75, 3.05) is 0 Å². The van der Waals surface area contributed by atoms with Crippen LogP contribution in [0.2, 0.25) is 0 Å². The van der Waals surface area contributed by atoms with Crippen LogP contribution in [0.5, 0.6) is 0 Å². The Morgan fingerprint density at radius 1 is 1.15 bits per heavy atom. The summed E-state index contributed by atoms with van der Waals surface area (Å²) >= 11 is 0. The van der Waals surface area contributed by atoms with Crippen LogP contribution in [0.15, 0.2) is 35.5 Å². The Morgan fingerprint density at radius 2 is 2.15 bits per heavy atom. The Labute approximate surface area is 80.0 Å². The van der Waals surface area contributed by atoms with E-state index in [4.69, 9.17) is 0 Å². The van der Waals surface area contributed by atoms with Crippen LogP contribution < -0.4 is 0 Å². The molecule has 3 aliphatic carbocycles. The van der Waals surface area contributed by atoms with E-state index in [1.165, 1.54) is 32.1 Å². The molecule has 0 bridgehead atoms. The van der Waals surface area contributed by atoms with Gasteiger partial charge in [0.15, 0.2) is 0 Å². The van der Waals surface area contributed by atoms with Gasteiger partial charge in [-0.05, 0) is 49.5 Å². The lowest BCUT2D eigenvalue weighted by molar-refractivity contribution is 0.447. The first-order valence-corrected chi connectivity index (χ1v) is 5.50. The topological polar surface area (TPSA) is 0 Å². The molecule has 0 aromatic carbocycles. The van der Waals surface area contributed by atoms with Crippen LogP contribution >= 0.6 is 0 Å². The zero-order chi connectivity index (χ0) is 8.67. The van der Waals surface area contributed by atoms with E-state index in [1.807, 2.05) is 0 Å². The molecule has 0 heterocycles. The Morgan fingerprint density at radius 3 is 3.15 bits per heavy atom. The fourth-order valence-corrected chi connectivity index (χ4v) is 3.11. The van der Waals surface area contributed by atoms with Gasteiger partial charge in [-0.15, -0.1) is 0 Å². The minimum atomic E-state index is 0.862. The highest BCUT2D eigenvalue weighted by Gasteiger charge is 2.33. The first kappa shape index (κ1) is 7.61. The Balaban J connectivity index is 1.96. The van der Waals surface area contributed by atoms with E-state index in [0.717, 1.165) is 11.8 Å². The number of allylic oxidation sites excluding steroid dienone is 6. The van der Waals surface area contributed by atoms with Crippen LogP contribution in [0.25, 0.3) is 0 Å². The third-order valence-electron chi connectivity index (χ3n) is 3.74. The van der Waals surface area contributed by atoms with Crippen molar-refractivity contribution in [1.29, 1.82) is 0 Å². The number of rotatable bonds is 0. The SMILES string of the molecule is C1=CC2=C(CC1)CC1C=CCCC21. The van der Waals surface area contributed by atoms with Crippen molar-refractivity contribution in [1.82, 2.24) is 0 Å². The minimum absolute atomic E-state index is 0.862. The van der Waals surface area contributed by atoms with Crippen molar-refractivity contribution < 1.29 is 0 Å². The van der Waals surface area contributed by atoms with E-state index >= 15 is 0 Å². The van der Waals surface area contributed by atoms with E-state index in [0.29, 0.717) is 0 Å². The van der Waals surface area contributed by atoms with E-state index in [-0.39, 0.29) is 0 Å². The predicted molar refractivity (Wildman–Crippen MR) is 55.4 cm³/mol. The summed E-state index contributed by atoms with van der Waals surface area (Å²) in [6.07, 6.45) is 16.3. The molecule has 3 rings (SSSR count). The molecule has 68 valence electrons. The van der Waals surface area contributed by atoms with Gasteiger partial charge >= 0.3 is 0 Å². The first-order valence-electron chi connectivity index (χ1n) is 5.50. The molecule has 0 heteroatoms. The second kappa shape index (κ2) is 2.87. The molecule has 2 unspecified atom stereocenters. The summed E-state index contributed by atoms with van der Waals surface area (Å²) in [5.41, 5.74) is 3.48. The average molecular weight is 172 g/mol. The molecule has 0 N–H and O–H groups in total. The van der Waals surface area contributed by atoms with Crippen LogP contribution in [-0.4, -0.2) is 0 Å². The van der Waals surface area contributed by atoms with Crippen LogP contribution in [0.4, 0.5) is 0 Å². The van der Waals surface area contributed by atoms with E-state index in [2.05, 4.69) is 24.3 Å². The monoisotopic (exact) mass is 172 g/mol. The third-order valence-corrected chi connectivity index (χ3v) is 3.74. The smallest absolute Gasteiger partial charge is 0.00935 e. The largest absolute Gasteiger partial charge is 0.0882 e.